The summed E-state index contributed by atoms with van der Waals surface area (Å²) in [5.74, 6) is 1.39. The van der Waals surface area contributed by atoms with E-state index in [4.69, 9.17) is 9.51 Å². The zero-order valence-corrected chi connectivity index (χ0v) is 17.5. The molecule has 2 fully saturated rings. The Morgan fingerprint density at radius 3 is 2.55 bits per heavy atom. The highest BCUT2D eigenvalue weighted by Gasteiger charge is 2.37. The van der Waals surface area contributed by atoms with Crippen molar-refractivity contribution in [1.82, 2.24) is 34.9 Å². The van der Waals surface area contributed by atoms with Gasteiger partial charge in [-0.1, -0.05) is 5.16 Å². The van der Waals surface area contributed by atoms with Crippen molar-refractivity contribution in [3.63, 3.8) is 0 Å². The van der Waals surface area contributed by atoms with Crippen molar-refractivity contribution in [2.75, 3.05) is 19.6 Å². The highest BCUT2D eigenvalue weighted by molar-refractivity contribution is 5.73. The van der Waals surface area contributed by atoms with E-state index in [2.05, 4.69) is 25.0 Å². The third kappa shape index (κ3) is 4.05. The molecule has 2 saturated heterocycles. The third-order valence-electron chi connectivity index (χ3n) is 6.28. The molecule has 5 rings (SSSR count). The van der Waals surface area contributed by atoms with E-state index in [9.17, 15) is 4.79 Å². The second kappa shape index (κ2) is 8.50. The van der Waals surface area contributed by atoms with Gasteiger partial charge >= 0.3 is 0 Å². The molecule has 2 aliphatic rings. The molecule has 0 aromatic carbocycles. The molecular formula is C22H25N7O2. The molecule has 0 N–H and O–H groups in total. The number of amides is 1. The van der Waals surface area contributed by atoms with Crippen LogP contribution in [-0.4, -0.2) is 66.5 Å². The molecule has 31 heavy (non-hydrogen) atoms. The summed E-state index contributed by atoms with van der Waals surface area (Å²) in [6.07, 6.45) is 10.8. The molecule has 0 saturated carbocycles. The lowest BCUT2D eigenvalue weighted by atomic mass is 10.0. The monoisotopic (exact) mass is 419 g/mol. The Labute approximate surface area is 180 Å². The van der Waals surface area contributed by atoms with Crippen molar-refractivity contribution in [3.05, 3.63) is 42.9 Å². The number of aromatic nitrogens is 5. The highest BCUT2D eigenvalue weighted by atomic mass is 16.5. The summed E-state index contributed by atoms with van der Waals surface area (Å²) in [5.41, 5.74) is 2.47. The van der Waals surface area contributed by atoms with Gasteiger partial charge in [-0.25, -0.2) is 9.97 Å². The van der Waals surface area contributed by atoms with E-state index in [1.54, 1.807) is 25.5 Å². The lowest BCUT2D eigenvalue weighted by Crippen LogP contribution is -2.46. The second-order valence-corrected chi connectivity index (χ2v) is 8.15. The van der Waals surface area contributed by atoms with Crippen LogP contribution in [0.4, 0.5) is 0 Å². The van der Waals surface area contributed by atoms with Gasteiger partial charge in [0.25, 0.3) is 0 Å². The quantitative estimate of drug-likeness (QED) is 0.636. The fourth-order valence-corrected chi connectivity index (χ4v) is 4.62. The Morgan fingerprint density at radius 2 is 1.84 bits per heavy atom. The Hall–Kier alpha value is -3.20. The maximum Gasteiger partial charge on any atom is 0.244 e. The lowest BCUT2D eigenvalue weighted by molar-refractivity contribution is -0.130. The fraction of sp³-hybridized carbons (Fsp3) is 0.455. The maximum atomic E-state index is 11.6. The second-order valence-electron chi connectivity index (χ2n) is 8.15. The SMILES string of the molecule is CC(=O)N1CCC(N2CCCC2c2nc(-c3ccc(-c4cncnc4)nc3)no2)CC1. The largest absolute Gasteiger partial charge is 0.343 e. The van der Waals surface area contributed by atoms with Gasteiger partial charge < -0.3 is 9.42 Å². The van der Waals surface area contributed by atoms with Gasteiger partial charge in [0.05, 0.1) is 11.7 Å². The number of rotatable bonds is 4. The molecule has 0 spiro atoms. The van der Waals surface area contributed by atoms with Crippen molar-refractivity contribution in [3.8, 4) is 22.6 Å². The topological polar surface area (TPSA) is 101 Å². The van der Waals surface area contributed by atoms with Crippen LogP contribution in [0.3, 0.4) is 0 Å². The van der Waals surface area contributed by atoms with Gasteiger partial charge in [0.1, 0.15) is 6.33 Å². The Kier molecular flexibility index (Phi) is 5.42. The first-order valence-corrected chi connectivity index (χ1v) is 10.8. The normalized spacial score (nSPS) is 20.3. The lowest BCUT2D eigenvalue weighted by Gasteiger charge is -2.38. The number of carbonyl (C=O) groups is 1. The molecule has 160 valence electrons. The number of hydrogen-bond donors (Lipinski definition) is 0. The zero-order chi connectivity index (χ0) is 21.2. The molecule has 3 aromatic rings. The predicted molar refractivity (Wildman–Crippen MR) is 113 cm³/mol. The number of carbonyl (C=O) groups excluding carboxylic acids is 1. The van der Waals surface area contributed by atoms with Gasteiger partial charge in [0, 0.05) is 55.8 Å². The average molecular weight is 419 g/mol. The summed E-state index contributed by atoms with van der Waals surface area (Å²) >= 11 is 0. The van der Waals surface area contributed by atoms with Gasteiger partial charge in [-0.2, -0.15) is 4.98 Å². The molecule has 9 heteroatoms. The van der Waals surface area contributed by atoms with E-state index >= 15 is 0 Å². The minimum Gasteiger partial charge on any atom is -0.343 e. The van der Waals surface area contributed by atoms with Crippen LogP contribution in [0.15, 0.2) is 41.6 Å². The Bertz CT molecular complexity index is 1030. The number of piperidine rings is 1. The molecular weight excluding hydrogens is 394 g/mol. The highest BCUT2D eigenvalue weighted by Crippen LogP contribution is 2.36. The molecule has 5 heterocycles. The number of nitrogens with zero attached hydrogens (tertiary/aromatic N) is 7. The van der Waals surface area contributed by atoms with E-state index in [1.807, 2.05) is 17.0 Å². The number of pyridine rings is 1. The number of likely N-dealkylation sites (tertiary alicyclic amines) is 2. The van der Waals surface area contributed by atoms with Crippen LogP contribution in [-0.2, 0) is 4.79 Å². The van der Waals surface area contributed by atoms with Gasteiger partial charge in [-0.3, -0.25) is 14.7 Å². The summed E-state index contributed by atoms with van der Waals surface area (Å²) < 4.78 is 5.68. The number of hydrogen-bond acceptors (Lipinski definition) is 8. The summed E-state index contributed by atoms with van der Waals surface area (Å²) in [6, 6.07) is 4.44. The molecule has 1 amide bonds. The van der Waals surface area contributed by atoms with E-state index in [-0.39, 0.29) is 11.9 Å². The van der Waals surface area contributed by atoms with Crippen molar-refractivity contribution in [2.24, 2.45) is 0 Å². The minimum atomic E-state index is 0.142. The molecule has 3 aromatic heterocycles. The Morgan fingerprint density at radius 1 is 1.03 bits per heavy atom. The van der Waals surface area contributed by atoms with Crippen LogP contribution in [0.1, 0.15) is 44.5 Å². The predicted octanol–water partition coefficient (Wildman–Crippen LogP) is 2.74. The zero-order valence-electron chi connectivity index (χ0n) is 17.5. The molecule has 9 nitrogen and oxygen atoms in total. The molecule has 0 radical (unpaired) electrons. The average Bonchev–Trinajstić information content (AvgIpc) is 3.50. The summed E-state index contributed by atoms with van der Waals surface area (Å²) in [6.45, 7) is 4.32. The first-order chi connectivity index (χ1) is 15.2. The van der Waals surface area contributed by atoms with Crippen molar-refractivity contribution in [1.29, 1.82) is 0 Å². The standard InChI is InChI=1S/C22H25N7O2/c1-15(30)28-9-6-18(7-10-28)29-8-2-3-20(29)22-26-21(27-31-22)16-4-5-19(25-13-16)17-11-23-14-24-12-17/h4-5,11-14,18,20H,2-3,6-10H2,1H3. The third-order valence-corrected chi connectivity index (χ3v) is 6.28. The van der Waals surface area contributed by atoms with Crippen LogP contribution in [0.5, 0.6) is 0 Å². The first-order valence-electron chi connectivity index (χ1n) is 10.8. The van der Waals surface area contributed by atoms with Crippen LogP contribution in [0.2, 0.25) is 0 Å². The summed E-state index contributed by atoms with van der Waals surface area (Å²) in [7, 11) is 0. The molecule has 0 aliphatic carbocycles. The van der Waals surface area contributed by atoms with Crippen LogP contribution in [0.25, 0.3) is 22.6 Å². The Balaban J connectivity index is 1.29. The molecule has 1 unspecified atom stereocenters. The van der Waals surface area contributed by atoms with Gasteiger partial charge in [-0.05, 0) is 44.4 Å². The fourth-order valence-electron chi connectivity index (χ4n) is 4.62. The van der Waals surface area contributed by atoms with E-state index in [1.165, 1.54) is 6.33 Å². The van der Waals surface area contributed by atoms with Gasteiger partial charge in [0.2, 0.25) is 17.6 Å². The van der Waals surface area contributed by atoms with Crippen LogP contribution < -0.4 is 0 Å². The van der Waals surface area contributed by atoms with Crippen molar-refractivity contribution in [2.45, 2.75) is 44.7 Å². The smallest absolute Gasteiger partial charge is 0.244 e. The molecule has 0 bridgehead atoms. The summed E-state index contributed by atoms with van der Waals surface area (Å²) in [4.78, 5) is 33.3. The van der Waals surface area contributed by atoms with E-state index in [0.717, 1.165) is 62.1 Å². The first kappa shape index (κ1) is 19.7. The molecule has 1 atom stereocenters. The van der Waals surface area contributed by atoms with Crippen LogP contribution >= 0.6 is 0 Å². The molecule has 2 aliphatic heterocycles. The van der Waals surface area contributed by atoms with E-state index in [0.29, 0.717) is 17.8 Å². The maximum absolute atomic E-state index is 11.6. The van der Waals surface area contributed by atoms with Gasteiger partial charge in [0.15, 0.2) is 0 Å². The van der Waals surface area contributed by atoms with Crippen LogP contribution in [0, 0.1) is 0 Å². The summed E-state index contributed by atoms with van der Waals surface area (Å²) in [5, 5.41) is 4.22. The van der Waals surface area contributed by atoms with Crippen molar-refractivity contribution < 1.29 is 9.32 Å². The minimum absolute atomic E-state index is 0.142. The van der Waals surface area contributed by atoms with Crippen molar-refractivity contribution >= 4 is 5.91 Å². The van der Waals surface area contributed by atoms with E-state index < -0.39 is 0 Å². The van der Waals surface area contributed by atoms with Gasteiger partial charge in [-0.15, -0.1) is 0 Å².